The molecular weight excluding hydrogens is 348 g/mol. The van der Waals surface area contributed by atoms with Crippen molar-refractivity contribution < 1.29 is 13.2 Å². The van der Waals surface area contributed by atoms with E-state index in [1.54, 1.807) is 0 Å². The number of sulfonamides is 1. The molecule has 0 bridgehead atoms. The summed E-state index contributed by atoms with van der Waals surface area (Å²) in [4.78, 5) is 2.66. The largest absolute Gasteiger partial charge is 0.378 e. The Bertz CT molecular complexity index is 847. The van der Waals surface area contributed by atoms with Crippen molar-refractivity contribution in [3.63, 3.8) is 0 Å². The van der Waals surface area contributed by atoms with Crippen molar-refractivity contribution in [1.29, 1.82) is 0 Å². The number of benzene rings is 2. The van der Waals surface area contributed by atoms with Crippen molar-refractivity contribution in [2.75, 3.05) is 31.2 Å². The zero-order valence-corrected chi connectivity index (χ0v) is 16.4. The minimum absolute atomic E-state index is 0.276. The first-order valence-electron chi connectivity index (χ1n) is 8.86. The lowest BCUT2D eigenvalue weighted by atomic mass is 10.1. The third-order valence-corrected chi connectivity index (χ3v) is 6.36. The molecule has 2 aromatic rings. The van der Waals surface area contributed by atoms with E-state index in [2.05, 4.69) is 9.62 Å². The number of nitrogens with one attached hydrogen (secondary N) is 1. The normalized spacial score (nSPS) is 15.3. The van der Waals surface area contributed by atoms with Crippen molar-refractivity contribution in [3.8, 4) is 0 Å². The summed E-state index contributed by atoms with van der Waals surface area (Å²) >= 11 is 0. The molecule has 1 N–H and O–H groups in total. The van der Waals surface area contributed by atoms with Gasteiger partial charge in [0.2, 0.25) is 10.0 Å². The van der Waals surface area contributed by atoms with E-state index < -0.39 is 10.0 Å². The van der Waals surface area contributed by atoms with E-state index in [9.17, 15) is 8.42 Å². The minimum Gasteiger partial charge on any atom is -0.378 e. The van der Waals surface area contributed by atoms with Crippen LogP contribution in [-0.4, -0.2) is 34.7 Å². The Kier molecular flexibility index (Phi) is 5.65. The Balaban J connectivity index is 1.70. The number of hydrogen-bond donors (Lipinski definition) is 1. The zero-order valence-electron chi connectivity index (χ0n) is 15.6. The molecule has 0 aromatic heterocycles. The van der Waals surface area contributed by atoms with Gasteiger partial charge in [0.05, 0.1) is 18.1 Å². The molecule has 0 spiro atoms. The van der Waals surface area contributed by atoms with Crippen LogP contribution in [0.4, 0.5) is 5.69 Å². The smallest absolute Gasteiger partial charge is 0.241 e. The fourth-order valence-corrected chi connectivity index (χ4v) is 4.95. The second-order valence-electron chi connectivity index (χ2n) is 6.82. The fraction of sp³-hybridized carbons (Fsp3) is 0.400. The molecule has 1 fully saturated rings. The van der Waals surface area contributed by atoms with Gasteiger partial charge >= 0.3 is 0 Å². The summed E-state index contributed by atoms with van der Waals surface area (Å²) in [5, 5.41) is 0. The second-order valence-corrected chi connectivity index (χ2v) is 8.52. The van der Waals surface area contributed by atoms with E-state index in [0.29, 0.717) is 4.90 Å². The van der Waals surface area contributed by atoms with E-state index in [1.807, 2.05) is 57.2 Å². The second kappa shape index (κ2) is 7.78. The van der Waals surface area contributed by atoms with Crippen LogP contribution in [0.15, 0.2) is 41.3 Å². The quantitative estimate of drug-likeness (QED) is 0.874. The third kappa shape index (κ3) is 4.26. The molecule has 1 saturated heterocycles. The van der Waals surface area contributed by atoms with Crippen LogP contribution in [0.2, 0.25) is 0 Å². The Morgan fingerprint density at radius 1 is 1.00 bits per heavy atom. The molecule has 1 aliphatic heterocycles. The zero-order chi connectivity index (χ0) is 18.7. The van der Waals surface area contributed by atoms with Crippen LogP contribution in [0.25, 0.3) is 0 Å². The van der Waals surface area contributed by atoms with E-state index in [0.717, 1.165) is 54.2 Å². The maximum Gasteiger partial charge on any atom is 0.241 e. The highest BCUT2D eigenvalue weighted by Gasteiger charge is 2.19. The molecule has 0 amide bonds. The molecule has 0 unspecified atom stereocenters. The lowest BCUT2D eigenvalue weighted by Crippen LogP contribution is -2.36. The molecule has 5 nitrogen and oxygen atoms in total. The molecular formula is C20H26N2O3S. The summed E-state index contributed by atoms with van der Waals surface area (Å²) in [5.41, 5.74) is 4.70. The molecule has 2 aromatic carbocycles. The highest BCUT2D eigenvalue weighted by Crippen LogP contribution is 2.22. The lowest BCUT2D eigenvalue weighted by molar-refractivity contribution is 0.122. The monoisotopic (exact) mass is 374 g/mol. The van der Waals surface area contributed by atoms with Gasteiger partial charge in [0.15, 0.2) is 0 Å². The number of morpholine rings is 1. The van der Waals surface area contributed by atoms with Crippen molar-refractivity contribution in [1.82, 2.24) is 4.72 Å². The van der Waals surface area contributed by atoms with Gasteiger partial charge in [-0.3, -0.25) is 0 Å². The van der Waals surface area contributed by atoms with Gasteiger partial charge in [-0.05, 0) is 49.6 Å². The Labute approximate surface area is 156 Å². The van der Waals surface area contributed by atoms with Crippen molar-refractivity contribution in [3.05, 3.63) is 58.7 Å². The molecule has 1 heterocycles. The molecule has 0 atom stereocenters. The highest BCUT2D eigenvalue weighted by molar-refractivity contribution is 7.89. The average molecular weight is 375 g/mol. The number of aryl methyl sites for hydroxylation is 3. The van der Waals surface area contributed by atoms with Crippen LogP contribution in [0.5, 0.6) is 0 Å². The van der Waals surface area contributed by atoms with Crippen LogP contribution in [-0.2, 0) is 21.3 Å². The summed E-state index contributed by atoms with van der Waals surface area (Å²) in [6, 6.07) is 11.8. The molecule has 0 saturated carbocycles. The molecule has 140 valence electrons. The minimum atomic E-state index is -3.54. The molecule has 1 aliphatic rings. The van der Waals surface area contributed by atoms with Crippen molar-refractivity contribution in [2.45, 2.75) is 32.2 Å². The summed E-state index contributed by atoms with van der Waals surface area (Å²) in [5.74, 6) is 0. The average Bonchev–Trinajstić information content (AvgIpc) is 2.60. The number of hydrogen-bond acceptors (Lipinski definition) is 4. The Morgan fingerprint density at radius 3 is 2.15 bits per heavy atom. The van der Waals surface area contributed by atoms with Crippen molar-refractivity contribution >= 4 is 15.7 Å². The van der Waals surface area contributed by atoms with Gasteiger partial charge < -0.3 is 9.64 Å². The number of anilines is 1. The van der Waals surface area contributed by atoms with Crippen LogP contribution in [0, 0.1) is 20.8 Å². The molecule has 3 rings (SSSR count). The van der Waals surface area contributed by atoms with Gasteiger partial charge in [0, 0.05) is 25.3 Å². The summed E-state index contributed by atoms with van der Waals surface area (Å²) < 4.78 is 33.6. The molecule has 26 heavy (non-hydrogen) atoms. The fourth-order valence-electron chi connectivity index (χ4n) is 3.49. The topological polar surface area (TPSA) is 58.6 Å². The SMILES string of the molecule is Cc1cc(C)c(S(=O)(=O)NCc2ccc(N3CCOCC3)cc2)c(C)c1. The van der Waals surface area contributed by atoms with Crippen LogP contribution in [0.1, 0.15) is 22.3 Å². The van der Waals surface area contributed by atoms with Crippen LogP contribution < -0.4 is 9.62 Å². The predicted molar refractivity (Wildman–Crippen MR) is 104 cm³/mol. The van der Waals surface area contributed by atoms with Gasteiger partial charge in [-0.25, -0.2) is 13.1 Å². The Morgan fingerprint density at radius 2 is 1.58 bits per heavy atom. The van der Waals surface area contributed by atoms with E-state index in [4.69, 9.17) is 4.74 Å². The molecule has 0 aliphatic carbocycles. The number of rotatable bonds is 5. The first-order valence-corrected chi connectivity index (χ1v) is 10.3. The van der Waals surface area contributed by atoms with Gasteiger partial charge in [0.1, 0.15) is 0 Å². The van der Waals surface area contributed by atoms with Crippen LogP contribution >= 0.6 is 0 Å². The maximum atomic E-state index is 12.7. The third-order valence-electron chi connectivity index (χ3n) is 4.65. The maximum absolute atomic E-state index is 12.7. The first kappa shape index (κ1) is 18.9. The summed E-state index contributed by atoms with van der Waals surface area (Å²) in [6.07, 6.45) is 0. The lowest BCUT2D eigenvalue weighted by Gasteiger charge is -2.28. The van der Waals surface area contributed by atoms with Gasteiger partial charge in [-0.2, -0.15) is 0 Å². The van der Waals surface area contributed by atoms with Crippen LogP contribution in [0.3, 0.4) is 0 Å². The van der Waals surface area contributed by atoms with E-state index >= 15 is 0 Å². The summed E-state index contributed by atoms with van der Waals surface area (Å²) in [6.45, 7) is 9.19. The number of ether oxygens (including phenoxy) is 1. The number of nitrogens with zero attached hydrogens (tertiary/aromatic N) is 1. The van der Waals surface area contributed by atoms with Gasteiger partial charge in [-0.1, -0.05) is 29.8 Å². The van der Waals surface area contributed by atoms with E-state index in [1.165, 1.54) is 0 Å². The predicted octanol–water partition coefficient (Wildman–Crippen LogP) is 2.93. The highest BCUT2D eigenvalue weighted by atomic mass is 32.2. The van der Waals surface area contributed by atoms with Gasteiger partial charge in [0.25, 0.3) is 0 Å². The molecule has 6 heteroatoms. The molecule has 0 radical (unpaired) electrons. The standard InChI is InChI=1S/C20H26N2O3S/c1-15-12-16(2)20(17(3)13-15)26(23,24)21-14-18-4-6-19(7-5-18)22-8-10-25-11-9-22/h4-7,12-13,21H,8-11,14H2,1-3H3. The van der Waals surface area contributed by atoms with Gasteiger partial charge in [-0.15, -0.1) is 0 Å². The summed E-state index contributed by atoms with van der Waals surface area (Å²) in [7, 11) is -3.54. The first-order chi connectivity index (χ1) is 12.4. The van der Waals surface area contributed by atoms with E-state index in [-0.39, 0.29) is 6.54 Å². The van der Waals surface area contributed by atoms with Crippen molar-refractivity contribution in [2.24, 2.45) is 0 Å². The Hall–Kier alpha value is -1.89.